The van der Waals surface area contributed by atoms with Crippen LogP contribution in [0.1, 0.15) is 54.3 Å². The van der Waals surface area contributed by atoms with Gasteiger partial charge in [-0.2, -0.15) is 13.2 Å². The van der Waals surface area contributed by atoms with E-state index in [1.54, 1.807) is 6.07 Å². The van der Waals surface area contributed by atoms with Crippen molar-refractivity contribution in [1.82, 2.24) is 15.3 Å². The van der Waals surface area contributed by atoms with Crippen molar-refractivity contribution in [1.29, 1.82) is 0 Å². The Morgan fingerprint density at radius 3 is 2.52 bits per heavy atom. The molecular weight excluding hydrogens is 411 g/mol. The van der Waals surface area contributed by atoms with Crippen molar-refractivity contribution in [3.8, 4) is 0 Å². The minimum atomic E-state index is -4.65. The maximum Gasteiger partial charge on any atom is 0.420 e. The predicted molar refractivity (Wildman–Crippen MR) is 99.6 cm³/mol. The summed E-state index contributed by atoms with van der Waals surface area (Å²) in [6, 6.07) is 2.09. The summed E-state index contributed by atoms with van der Waals surface area (Å²) in [5.41, 5.74) is 1.54. The Balaban J connectivity index is 1.72. The lowest BCUT2D eigenvalue weighted by molar-refractivity contribution is -0.136. The largest absolute Gasteiger partial charge is 0.449 e. The fourth-order valence-electron chi connectivity index (χ4n) is 3.51. The molecule has 0 radical (unpaired) electrons. The van der Waals surface area contributed by atoms with Crippen LogP contribution in [0.5, 0.6) is 0 Å². The van der Waals surface area contributed by atoms with Gasteiger partial charge in [0.05, 0.1) is 12.1 Å². The lowest BCUT2D eigenvalue weighted by atomic mass is 10.0. The molecule has 0 spiro atoms. The predicted octanol–water partition coefficient (Wildman–Crippen LogP) is 4.77. The third-order valence-electron chi connectivity index (χ3n) is 5.22. The minimum Gasteiger partial charge on any atom is -0.449 e. The summed E-state index contributed by atoms with van der Waals surface area (Å²) in [5, 5.41) is 0.886. The number of urea groups is 1. The molecule has 6 nitrogen and oxygen atoms in total. The topological polar surface area (TPSA) is 65.8 Å². The lowest BCUT2D eigenvalue weighted by Crippen LogP contribution is -2.60. The molecule has 4 rings (SSSR count). The highest BCUT2D eigenvalue weighted by atomic mass is 35.5. The molecule has 1 aliphatic carbocycles. The van der Waals surface area contributed by atoms with Gasteiger partial charge in [-0.3, -0.25) is 4.79 Å². The molecule has 10 heteroatoms. The number of carbonyl (C=O) groups is 2. The monoisotopic (exact) mass is 429 g/mol. The molecule has 29 heavy (non-hydrogen) atoms. The molecule has 0 atom stereocenters. The van der Waals surface area contributed by atoms with Crippen molar-refractivity contribution in [2.24, 2.45) is 0 Å². The van der Waals surface area contributed by atoms with E-state index in [1.807, 2.05) is 13.8 Å². The number of fused-ring (bicyclic) bond motifs is 1. The third-order valence-corrected chi connectivity index (χ3v) is 5.60. The van der Waals surface area contributed by atoms with Crippen molar-refractivity contribution < 1.29 is 27.2 Å². The Bertz CT molecular complexity index is 998. The van der Waals surface area contributed by atoms with Gasteiger partial charge in [-0.05, 0) is 50.3 Å². The van der Waals surface area contributed by atoms with Crippen LogP contribution < -0.4 is 5.43 Å². The van der Waals surface area contributed by atoms with Crippen molar-refractivity contribution in [2.45, 2.75) is 44.8 Å². The molecule has 1 saturated heterocycles. The van der Waals surface area contributed by atoms with Crippen LogP contribution in [0, 0.1) is 0 Å². The average Bonchev–Trinajstić information content (AvgIpc) is 3.44. The molecular formula is C19H19ClF3N3O3. The van der Waals surface area contributed by atoms with Crippen molar-refractivity contribution >= 4 is 34.5 Å². The zero-order valence-corrected chi connectivity index (χ0v) is 16.5. The Morgan fingerprint density at radius 1 is 1.28 bits per heavy atom. The summed E-state index contributed by atoms with van der Waals surface area (Å²) in [5.74, 6) is -1.14. The summed E-state index contributed by atoms with van der Waals surface area (Å²) in [6.45, 7) is 4.11. The number of hydrazine groups is 1. The van der Waals surface area contributed by atoms with Gasteiger partial charge in [0.15, 0.2) is 0 Å². The van der Waals surface area contributed by atoms with Crippen molar-refractivity contribution in [2.75, 3.05) is 13.1 Å². The van der Waals surface area contributed by atoms with Crippen molar-refractivity contribution in [3.05, 3.63) is 34.0 Å². The molecule has 0 bridgehead atoms. The van der Waals surface area contributed by atoms with E-state index < -0.39 is 35.0 Å². The minimum absolute atomic E-state index is 0.0545. The molecule has 1 saturated carbocycles. The highest BCUT2D eigenvalue weighted by molar-refractivity contribution is 6.38. The number of carbonyl (C=O) groups excluding carboxylic acids is 2. The van der Waals surface area contributed by atoms with Gasteiger partial charge in [0.25, 0.3) is 0 Å². The van der Waals surface area contributed by atoms with Gasteiger partial charge in [0.2, 0.25) is 5.76 Å². The van der Waals surface area contributed by atoms with Gasteiger partial charge in [0, 0.05) is 18.0 Å². The van der Waals surface area contributed by atoms with E-state index in [4.69, 9.17) is 16.0 Å². The number of nitrogens with zero attached hydrogens (tertiary/aromatic N) is 2. The van der Waals surface area contributed by atoms with E-state index >= 15 is 0 Å². The summed E-state index contributed by atoms with van der Waals surface area (Å²) in [4.78, 5) is 26.5. The number of hydrogen-bond donors (Lipinski definition) is 1. The molecule has 3 amide bonds. The summed E-state index contributed by atoms with van der Waals surface area (Å²) in [6.07, 6.45) is -3.02. The second-order valence-electron chi connectivity index (χ2n) is 7.62. The highest BCUT2D eigenvalue weighted by Gasteiger charge is 2.39. The van der Waals surface area contributed by atoms with Gasteiger partial charge in [-0.25, -0.2) is 15.2 Å². The average molecular weight is 430 g/mol. The Hall–Kier alpha value is -2.42. The first-order chi connectivity index (χ1) is 13.6. The lowest BCUT2D eigenvalue weighted by Gasteiger charge is -2.36. The Morgan fingerprint density at radius 2 is 1.97 bits per heavy atom. The number of hydrogen-bond acceptors (Lipinski definition) is 3. The number of furan rings is 1. The fourth-order valence-corrected chi connectivity index (χ4v) is 3.77. The molecule has 1 aliphatic heterocycles. The Kier molecular flexibility index (Phi) is 4.68. The quantitative estimate of drug-likeness (QED) is 0.764. The first-order valence-electron chi connectivity index (χ1n) is 9.30. The van der Waals surface area contributed by atoms with Gasteiger partial charge < -0.3 is 9.32 Å². The van der Waals surface area contributed by atoms with Crippen LogP contribution >= 0.6 is 11.6 Å². The van der Waals surface area contributed by atoms with Crippen molar-refractivity contribution in [3.63, 3.8) is 0 Å². The molecule has 2 aliphatic rings. The van der Waals surface area contributed by atoms with E-state index in [0.717, 1.165) is 23.9 Å². The summed E-state index contributed by atoms with van der Waals surface area (Å²) < 4.78 is 46.1. The first-order valence-corrected chi connectivity index (χ1v) is 9.68. The fraction of sp³-hybridized carbons (Fsp3) is 0.474. The van der Waals surface area contributed by atoms with E-state index in [-0.39, 0.29) is 35.5 Å². The van der Waals surface area contributed by atoms with Gasteiger partial charge in [-0.15, -0.1) is 0 Å². The second-order valence-corrected chi connectivity index (χ2v) is 8.00. The number of rotatable bonds is 3. The molecule has 2 heterocycles. The van der Waals surface area contributed by atoms with E-state index in [9.17, 15) is 22.8 Å². The number of amides is 3. The van der Waals surface area contributed by atoms with Crippen LogP contribution in [0.15, 0.2) is 16.5 Å². The second kappa shape index (κ2) is 6.83. The number of alkyl halides is 3. The smallest absolute Gasteiger partial charge is 0.420 e. The first kappa shape index (κ1) is 19.9. The van der Waals surface area contributed by atoms with E-state index in [2.05, 4.69) is 5.43 Å². The van der Waals surface area contributed by atoms with Crippen LogP contribution in [0.25, 0.3) is 11.0 Å². The summed E-state index contributed by atoms with van der Waals surface area (Å²) >= 11 is 6.27. The SMILES string of the molecule is CC(C)N1CCN(C(=O)c2oc3c(C(F)(F)F)cc(C4CC4)cc3c2Cl)NC1=O. The molecule has 0 unspecified atom stereocenters. The van der Waals surface area contributed by atoms with Crippen LogP contribution in [0.4, 0.5) is 18.0 Å². The highest BCUT2D eigenvalue weighted by Crippen LogP contribution is 2.46. The summed E-state index contributed by atoms with van der Waals surface area (Å²) in [7, 11) is 0. The number of nitrogens with one attached hydrogen (secondary N) is 1. The normalized spacial score (nSPS) is 18.0. The van der Waals surface area contributed by atoms with Crippen LogP contribution in [-0.4, -0.2) is 41.0 Å². The van der Waals surface area contributed by atoms with E-state index in [1.165, 1.54) is 4.90 Å². The zero-order valence-electron chi connectivity index (χ0n) is 15.8. The van der Waals surface area contributed by atoms with Gasteiger partial charge in [0.1, 0.15) is 10.6 Å². The molecule has 1 aromatic carbocycles. The van der Waals surface area contributed by atoms with Crippen LogP contribution in [0.2, 0.25) is 5.02 Å². The molecule has 1 N–H and O–H groups in total. The molecule has 2 aromatic rings. The Labute approximate surface area is 169 Å². The number of halogens is 4. The number of benzene rings is 1. The van der Waals surface area contributed by atoms with Gasteiger partial charge in [-0.1, -0.05) is 11.6 Å². The molecule has 156 valence electrons. The van der Waals surface area contributed by atoms with Crippen LogP contribution in [-0.2, 0) is 6.18 Å². The molecule has 2 fully saturated rings. The standard InChI is InChI=1S/C19H19ClF3N3O3/c1-9(2)25-5-6-26(24-18(25)28)17(27)16-14(20)12-7-11(10-3-4-10)8-13(15(12)29-16)19(21,22)23/h7-10H,3-6H2,1-2H3,(H,24,28). The van der Waals surface area contributed by atoms with E-state index in [0.29, 0.717) is 5.56 Å². The molecule has 1 aromatic heterocycles. The zero-order chi connectivity index (χ0) is 21.1. The maximum atomic E-state index is 13.6. The third kappa shape index (κ3) is 3.52. The van der Waals surface area contributed by atoms with Crippen LogP contribution in [0.3, 0.4) is 0 Å². The maximum absolute atomic E-state index is 13.6. The van der Waals surface area contributed by atoms with Gasteiger partial charge >= 0.3 is 18.1 Å².